The summed E-state index contributed by atoms with van der Waals surface area (Å²) in [6.07, 6.45) is 7.30. The number of hydrogen-bond acceptors (Lipinski definition) is 2. The SMILES string of the molecule is CC(=O)CCC1(C2CCCC2)COC1. The molecule has 1 aliphatic heterocycles. The standard InChI is InChI=1S/C12H20O2/c1-10(13)6-7-12(8-14-9-12)11-4-2-3-5-11/h11H,2-9H2,1H3. The Labute approximate surface area is 86.0 Å². The Morgan fingerprint density at radius 3 is 2.43 bits per heavy atom. The molecule has 2 rings (SSSR count). The normalized spacial score (nSPS) is 26.1. The van der Waals surface area contributed by atoms with Gasteiger partial charge in [0.15, 0.2) is 0 Å². The lowest BCUT2D eigenvalue weighted by Gasteiger charge is -2.46. The molecule has 0 unspecified atom stereocenters. The van der Waals surface area contributed by atoms with Gasteiger partial charge in [-0.2, -0.15) is 0 Å². The van der Waals surface area contributed by atoms with Crippen LogP contribution in [0.5, 0.6) is 0 Å². The molecular formula is C12H20O2. The highest BCUT2D eigenvalue weighted by atomic mass is 16.5. The van der Waals surface area contributed by atoms with Crippen LogP contribution in [0.4, 0.5) is 0 Å². The monoisotopic (exact) mass is 196 g/mol. The molecule has 0 radical (unpaired) electrons. The summed E-state index contributed by atoms with van der Waals surface area (Å²) in [5.74, 6) is 1.17. The first-order valence-electron chi connectivity index (χ1n) is 5.80. The van der Waals surface area contributed by atoms with Crippen LogP contribution in [0.1, 0.15) is 45.4 Å². The van der Waals surface area contributed by atoms with Crippen molar-refractivity contribution >= 4 is 5.78 Å². The fraction of sp³-hybridized carbons (Fsp3) is 0.917. The molecule has 0 spiro atoms. The van der Waals surface area contributed by atoms with Gasteiger partial charge < -0.3 is 9.53 Å². The molecule has 0 N–H and O–H groups in total. The molecule has 1 aliphatic carbocycles. The zero-order valence-corrected chi connectivity index (χ0v) is 9.05. The van der Waals surface area contributed by atoms with Crippen LogP contribution in [0.3, 0.4) is 0 Å². The van der Waals surface area contributed by atoms with Crippen LogP contribution < -0.4 is 0 Å². The summed E-state index contributed by atoms with van der Waals surface area (Å²) in [4.78, 5) is 11.0. The van der Waals surface area contributed by atoms with Crippen LogP contribution in [0.15, 0.2) is 0 Å². The largest absolute Gasteiger partial charge is 0.380 e. The van der Waals surface area contributed by atoms with E-state index < -0.39 is 0 Å². The summed E-state index contributed by atoms with van der Waals surface area (Å²) < 4.78 is 5.37. The molecule has 0 bridgehead atoms. The average molecular weight is 196 g/mol. The third-order valence-electron chi connectivity index (χ3n) is 3.98. The Morgan fingerprint density at radius 1 is 1.36 bits per heavy atom. The number of carbonyl (C=O) groups is 1. The van der Waals surface area contributed by atoms with Gasteiger partial charge in [0.1, 0.15) is 5.78 Å². The van der Waals surface area contributed by atoms with Crippen molar-refractivity contribution in [1.29, 1.82) is 0 Å². The van der Waals surface area contributed by atoms with Crippen molar-refractivity contribution in [2.75, 3.05) is 13.2 Å². The lowest BCUT2D eigenvalue weighted by Crippen LogP contribution is -2.47. The zero-order chi connectivity index (χ0) is 10.0. The Hall–Kier alpha value is -0.370. The second kappa shape index (κ2) is 4.01. The van der Waals surface area contributed by atoms with E-state index in [-0.39, 0.29) is 0 Å². The van der Waals surface area contributed by atoms with Crippen LogP contribution in [-0.2, 0) is 9.53 Å². The Kier molecular flexibility index (Phi) is 2.91. The number of rotatable bonds is 4. The molecule has 1 heterocycles. The number of hydrogen-bond donors (Lipinski definition) is 0. The molecule has 2 nitrogen and oxygen atoms in total. The predicted molar refractivity (Wildman–Crippen MR) is 55.1 cm³/mol. The van der Waals surface area contributed by atoms with Crippen molar-refractivity contribution in [1.82, 2.24) is 0 Å². The lowest BCUT2D eigenvalue weighted by molar-refractivity contribution is -0.152. The second-order valence-electron chi connectivity index (χ2n) is 5.04. The average Bonchev–Trinajstić information content (AvgIpc) is 2.55. The third kappa shape index (κ3) is 1.85. The van der Waals surface area contributed by atoms with Gasteiger partial charge >= 0.3 is 0 Å². The molecule has 0 amide bonds. The van der Waals surface area contributed by atoms with E-state index in [1.807, 2.05) is 0 Å². The Balaban J connectivity index is 1.91. The molecule has 2 heteroatoms. The summed E-state index contributed by atoms with van der Waals surface area (Å²) in [7, 11) is 0. The highest BCUT2D eigenvalue weighted by Gasteiger charge is 2.45. The fourth-order valence-corrected chi connectivity index (χ4v) is 2.91. The molecule has 80 valence electrons. The molecule has 0 aromatic heterocycles. The quantitative estimate of drug-likeness (QED) is 0.690. The van der Waals surface area contributed by atoms with E-state index in [0.29, 0.717) is 11.2 Å². The molecule has 14 heavy (non-hydrogen) atoms. The maximum atomic E-state index is 11.0. The molecule has 0 aromatic carbocycles. The van der Waals surface area contributed by atoms with Gasteiger partial charge in [-0.25, -0.2) is 0 Å². The minimum atomic E-state index is 0.328. The van der Waals surface area contributed by atoms with Crippen molar-refractivity contribution in [3.63, 3.8) is 0 Å². The van der Waals surface area contributed by atoms with Gasteiger partial charge in [-0.15, -0.1) is 0 Å². The number of carbonyl (C=O) groups excluding carboxylic acids is 1. The van der Waals surface area contributed by atoms with Crippen molar-refractivity contribution < 1.29 is 9.53 Å². The fourth-order valence-electron chi connectivity index (χ4n) is 2.91. The molecule has 2 fully saturated rings. The van der Waals surface area contributed by atoms with Gasteiger partial charge in [0.25, 0.3) is 0 Å². The molecule has 0 aromatic rings. The van der Waals surface area contributed by atoms with E-state index in [4.69, 9.17) is 4.74 Å². The summed E-state index contributed by atoms with van der Waals surface area (Å²) >= 11 is 0. The predicted octanol–water partition coefficient (Wildman–Crippen LogP) is 2.56. The van der Waals surface area contributed by atoms with Crippen LogP contribution >= 0.6 is 0 Å². The maximum Gasteiger partial charge on any atom is 0.129 e. The third-order valence-corrected chi connectivity index (χ3v) is 3.98. The molecule has 1 saturated heterocycles. The van der Waals surface area contributed by atoms with Gasteiger partial charge in [0, 0.05) is 11.8 Å². The summed E-state index contributed by atoms with van der Waals surface area (Å²) in [5.41, 5.74) is 0.391. The van der Waals surface area contributed by atoms with Crippen molar-refractivity contribution in [3.8, 4) is 0 Å². The lowest BCUT2D eigenvalue weighted by atomic mass is 9.69. The minimum absolute atomic E-state index is 0.328. The van der Waals surface area contributed by atoms with Crippen molar-refractivity contribution in [2.24, 2.45) is 11.3 Å². The van der Waals surface area contributed by atoms with Crippen molar-refractivity contribution in [2.45, 2.75) is 45.4 Å². The second-order valence-corrected chi connectivity index (χ2v) is 5.04. The topological polar surface area (TPSA) is 26.3 Å². The van der Waals surface area contributed by atoms with E-state index >= 15 is 0 Å². The summed E-state index contributed by atoms with van der Waals surface area (Å²) in [6, 6.07) is 0. The summed E-state index contributed by atoms with van der Waals surface area (Å²) in [5, 5.41) is 0. The maximum absolute atomic E-state index is 11.0. The summed E-state index contributed by atoms with van der Waals surface area (Å²) in [6.45, 7) is 3.51. The van der Waals surface area contributed by atoms with Gasteiger partial charge in [0.2, 0.25) is 0 Å². The number of ether oxygens (including phenoxy) is 1. The van der Waals surface area contributed by atoms with Gasteiger partial charge in [-0.05, 0) is 32.1 Å². The van der Waals surface area contributed by atoms with E-state index in [1.165, 1.54) is 25.7 Å². The molecule has 2 aliphatic rings. The van der Waals surface area contributed by atoms with Crippen LogP contribution in [-0.4, -0.2) is 19.0 Å². The highest BCUT2D eigenvalue weighted by Crippen LogP contribution is 2.47. The number of ketones is 1. The van der Waals surface area contributed by atoms with Crippen molar-refractivity contribution in [3.05, 3.63) is 0 Å². The highest BCUT2D eigenvalue weighted by molar-refractivity contribution is 5.75. The van der Waals surface area contributed by atoms with E-state index in [0.717, 1.165) is 32.0 Å². The van der Waals surface area contributed by atoms with Crippen LogP contribution in [0.25, 0.3) is 0 Å². The molecule has 1 saturated carbocycles. The first kappa shape index (κ1) is 10.2. The molecular weight excluding hydrogens is 176 g/mol. The Bertz CT molecular complexity index is 212. The molecule has 0 atom stereocenters. The van der Waals surface area contributed by atoms with E-state index in [9.17, 15) is 4.79 Å². The number of Topliss-reactive ketones (excluding diaryl/α,β-unsaturated/α-hetero) is 1. The van der Waals surface area contributed by atoms with Gasteiger partial charge in [0.05, 0.1) is 13.2 Å². The van der Waals surface area contributed by atoms with E-state index in [2.05, 4.69) is 0 Å². The van der Waals surface area contributed by atoms with Gasteiger partial charge in [-0.3, -0.25) is 0 Å². The first-order chi connectivity index (χ1) is 6.73. The first-order valence-corrected chi connectivity index (χ1v) is 5.80. The van der Waals surface area contributed by atoms with Gasteiger partial charge in [-0.1, -0.05) is 12.8 Å². The zero-order valence-electron chi connectivity index (χ0n) is 9.05. The Morgan fingerprint density at radius 2 is 2.00 bits per heavy atom. The minimum Gasteiger partial charge on any atom is -0.380 e. The van der Waals surface area contributed by atoms with Crippen LogP contribution in [0, 0.1) is 11.3 Å². The smallest absolute Gasteiger partial charge is 0.129 e. The van der Waals surface area contributed by atoms with Crippen LogP contribution in [0.2, 0.25) is 0 Å². The van der Waals surface area contributed by atoms with E-state index in [1.54, 1.807) is 6.92 Å².